The number of halogens is 4. The molecular weight excluding hydrogens is 729 g/mol. The first-order valence-electron chi connectivity index (χ1n) is 21.2. The number of hydrogen-bond donors (Lipinski definition) is 2. The number of nitrogens with zero attached hydrogens (tertiary/aromatic N) is 1. The maximum absolute atomic E-state index is 15.0. The predicted octanol–water partition coefficient (Wildman–Crippen LogP) is 9.33. The number of rotatable bonds is 8. The average Bonchev–Trinajstić information content (AvgIpc) is 3.41. The molecule has 0 aromatic carbocycles. The van der Waals surface area contributed by atoms with Crippen LogP contribution in [-0.4, -0.2) is 80.0 Å². The Bertz CT molecular complexity index is 1690. The molecule has 5 fully saturated rings. The molecule has 1 aliphatic heterocycles. The number of carbonyl (C=O) groups is 1. The van der Waals surface area contributed by atoms with Crippen molar-refractivity contribution in [2.45, 2.75) is 136 Å². The first kappa shape index (κ1) is 41.4. The van der Waals surface area contributed by atoms with E-state index in [1.54, 1.807) is 4.90 Å². The summed E-state index contributed by atoms with van der Waals surface area (Å²) >= 11 is 0. The fourth-order valence-electron chi connectivity index (χ4n) is 14.5. The van der Waals surface area contributed by atoms with E-state index < -0.39 is 45.7 Å². The molecule has 0 aromatic rings. The second-order valence-electron chi connectivity index (χ2n) is 20.5. The summed E-state index contributed by atoms with van der Waals surface area (Å²) in [6.45, 7) is 15.5. The molecule has 0 spiro atoms. The maximum atomic E-state index is 15.0. The van der Waals surface area contributed by atoms with E-state index in [1.807, 2.05) is 6.08 Å². The Balaban J connectivity index is 1.17. The Morgan fingerprint density at radius 1 is 0.945 bits per heavy atom. The fraction of sp³-hybridized carbons (Fsp3) is 0.841. The highest BCUT2D eigenvalue weighted by molar-refractivity contribution is 7.91. The Kier molecular flexibility index (Phi) is 10.7. The van der Waals surface area contributed by atoms with E-state index in [1.165, 1.54) is 11.1 Å². The molecule has 1 saturated heterocycles. The smallest absolute Gasteiger partial charge is 0.405 e. The zero-order chi connectivity index (χ0) is 40.0. The summed E-state index contributed by atoms with van der Waals surface area (Å²) in [5.74, 6) is 0.683. The number of carboxylic acids is 1. The fourth-order valence-corrected chi connectivity index (χ4v) is 15.8. The van der Waals surface area contributed by atoms with Gasteiger partial charge in [0.15, 0.2) is 9.84 Å². The SMILES string of the molecule is C=C(C)[C@@H]1CC[C@]2(NC(CN3CCS(=O)(=O)CC3)C(F)(F)F)CC[C@]3(C)[C@H](CC[C@H]4[C@@H]3CCC[C@H]3C(C)(C)C(C5=CC[C@](CF)(C(=O)O)CC5)=CC[C@]43C)[C@@H]12. The first-order chi connectivity index (χ1) is 25.6. The summed E-state index contributed by atoms with van der Waals surface area (Å²) in [6, 6.07) is -1.72. The lowest BCUT2D eigenvalue weighted by molar-refractivity contribution is -0.178. The third-order valence-electron chi connectivity index (χ3n) is 17.5. The first-order valence-corrected chi connectivity index (χ1v) is 23.1. The molecular formula is C44H66F4N2O4S. The van der Waals surface area contributed by atoms with Crippen LogP contribution in [0.1, 0.15) is 118 Å². The van der Waals surface area contributed by atoms with Crippen LogP contribution in [0.4, 0.5) is 17.6 Å². The van der Waals surface area contributed by atoms with Crippen LogP contribution in [-0.2, 0) is 14.6 Å². The monoisotopic (exact) mass is 794 g/mol. The van der Waals surface area contributed by atoms with Crippen LogP contribution in [0.5, 0.6) is 0 Å². The minimum atomic E-state index is -4.46. The minimum Gasteiger partial charge on any atom is -0.481 e. The molecule has 7 aliphatic rings. The largest absolute Gasteiger partial charge is 0.481 e. The van der Waals surface area contributed by atoms with Crippen molar-refractivity contribution >= 4 is 15.8 Å². The van der Waals surface area contributed by atoms with E-state index in [0.717, 1.165) is 56.9 Å². The highest BCUT2D eigenvalue weighted by Crippen LogP contribution is 2.71. The van der Waals surface area contributed by atoms with Crippen LogP contribution in [0.2, 0.25) is 0 Å². The molecule has 7 rings (SSSR count). The molecule has 6 aliphatic carbocycles. The number of carboxylic acid groups (broad SMARTS) is 1. The summed E-state index contributed by atoms with van der Waals surface area (Å²) in [4.78, 5) is 13.7. The maximum Gasteiger partial charge on any atom is 0.405 e. The lowest BCUT2D eigenvalue weighted by atomic mass is 9.41. The molecule has 6 nitrogen and oxygen atoms in total. The van der Waals surface area contributed by atoms with Gasteiger partial charge in [0.05, 0.1) is 16.9 Å². The summed E-state index contributed by atoms with van der Waals surface area (Å²) in [6.07, 6.45) is 10.7. The van der Waals surface area contributed by atoms with Crippen LogP contribution in [0, 0.1) is 57.2 Å². The third-order valence-corrected chi connectivity index (χ3v) is 19.1. The van der Waals surface area contributed by atoms with Crippen molar-refractivity contribution in [1.82, 2.24) is 10.2 Å². The zero-order valence-electron chi connectivity index (χ0n) is 33.9. The molecule has 0 radical (unpaired) electrons. The molecule has 4 saturated carbocycles. The molecule has 55 heavy (non-hydrogen) atoms. The Labute approximate surface area is 327 Å². The molecule has 0 amide bonds. The van der Waals surface area contributed by atoms with Crippen LogP contribution in [0.25, 0.3) is 0 Å². The number of alkyl halides is 4. The number of hydrogen-bond acceptors (Lipinski definition) is 5. The molecule has 310 valence electrons. The Morgan fingerprint density at radius 3 is 2.22 bits per heavy atom. The molecule has 0 aromatic heterocycles. The van der Waals surface area contributed by atoms with Gasteiger partial charge < -0.3 is 5.11 Å². The third kappa shape index (κ3) is 6.91. The number of fused-ring (bicyclic) bond motifs is 7. The van der Waals surface area contributed by atoms with Gasteiger partial charge in [0.2, 0.25) is 0 Å². The van der Waals surface area contributed by atoms with Crippen molar-refractivity contribution < 1.29 is 35.9 Å². The normalized spacial score (nSPS) is 43.4. The van der Waals surface area contributed by atoms with Gasteiger partial charge in [0.1, 0.15) is 12.7 Å². The quantitative estimate of drug-likeness (QED) is 0.188. The molecule has 0 bridgehead atoms. The lowest BCUT2D eigenvalue weighted by Crippen LogP contribution is -2.67. The summed E-state index contributed by atoms with van der Waals surface area (Å²) in [5.41, 5.74) is 1.56. The van der Waals surface area contributed by atoms with Gasteiger partial charge in [-0.15, -0.1) is 0 Å². The Hall–Kier alpha value is -1.72. The summed E-state index contributed by atoms with van der Waals surface area (Å²) < 4.78 is 83.1. The highest BCUT2D eigenvalue weighted by Gasteiger charge is 2.66. The van der Waals surface area contributed by atoms with E-state index in [4.69, 9.17) is 0 Å². The van der Waals surface area contributed by atoms with Crippen molar-refractivity contribution in [2.75, 3.05) is 37.8 Å². The second-order valence-corrected chi connectivity index (χ2v) is 22.8. The van der Waals surface area contributed by atoms with E-state index in [-0.39, 0.29) is 71.6 Å². The minimum absolute atomic E-state index is 0.00375. The van der Waals surface area contributed by atoms with E-state index in [2.05, 4.69) is 52.6 Å². The van der Waals surface area contributed by atoms with Crippen LogP contribution in [0.3, 0.4) is 0 Å². The van der Waals surface area contributed by atoms with Crippen molar-refractivity contribution in [3.63, 3.8) is 0 Å². The molecule has 11 heteroatoms. The van der Waals surface area contributed by atoms with E-state index >= 15 is 0 Å². The van der Waals surface area contributed by atoms with Crippen LogP contribution in [0.15, 0.2) is 35.5 Å². The molecule has 1 heterocycles. The summed E-state index contributed by atoms with van der Waals surface area (Å²) in [5, 5.41) is 13.2. The van der Waals surface area contributed by atoms with Gasteiger partial charge in [-0.2, -0.15) is 13.2 Å². The number of sulfone groups is 1. The summed E-state index contributed by atoms with van der Waals surface area (Å²) in [7, 11) is -3.20. The number of allylic oxidation sites excluding steroid dienone is 5. The molecule has 11 atom stereocenters. The molecule has 2 N–H and O–H groups in total. The van der Waals surface area contributed by atoms with Gasteiger partial charge in [-0.25, -0.2) is 12.8 Å². The van der Waals surface area contributed by atoms with Gasteiger partial charge in [-0.1, -0.05) is 58.4 Å². The van der Waals surface area contributed by atoms with Gasteiger partial charge in [-0.3, -0.25) is 15.0 Å². The van der Waals surface area contributed by atoms with Crippen molar-refractivity contribution in [2.24, 2.45) is 57.2 Å². The lowest BCUT2D eigenvalue weighted by Gasteiger charge is -2.65. The predicted molar refractivity (Wildman–Crippen MR) is 209 cm³/mol. The van der Waals surface area contributed by atoms with Crippen molar-refractivity contribution in [3.05, 3.63) is 35.5 Å². The van der Waals surface area contributed by atoms with Crippen molar-refractivity contribution in [3.8, 4) is 0 Å². The van der Waals surface area contributed by atoms with Crippen LogP contribution < -0.4 is 5.32 Å². The van der Waals surface area contributed by atoms with Gasteiger partial charge in [0, 0.05) is 25.2 Å². The molecule has 1 unspecified atom stereocenters. The average molecular weight is 795 g/mol. The standard InChI is InChI=1S/C44H66F4N2O4S/c1-28(2)30-14-19-43(49-36(44(46,47)48)26-50-22-24-55(53,54)25-23-50)21-20-40(5)32-8-7-9-35-39(3,4)31(29-12-17-42(27-45,18-13-29)38(51)52)15-16-41(35,6)33(32)10-11-34(40)37(30)43/h12,15,30,32-37,49H,1,7-11,13-14,16-27H2,2-6H3,(H,51,52)/t30-,32-,33-,34+,35-,36?,37+,40-,41+,42-,43-/m0/s1. The van der Waals surface area contributed by atoms with Gasteiger partial charge in [-0.05, 0) is 147 Å². The number of nitrogens with one attached hydrogen (secondary N) is 1. The topological polar surface area (TPSA) is 86.7 Å². The van der Waals surface area contributed by atoms with E-state index in [9.17, 15) is 35.9 Å². The van der Waals surface area contributed by atoms with Crippen LogP contribution >= 0.6 is 0 Å². The number of aliphatic carboxylic acids is 1. The highest BCUT2D eigenvalue weighted by atomic mass is 32.2. The Morgan fingerprint density at radius 2 is 1.62 bits per heavy atom. The second kappa shape index (κ2) is 14.2. The van der Waals surface area contributed by atoms with E-state index in [0.29, 0.717) is 43.4 Å². The van der Waals surface area contributed by atoms with Gasteiger partial charge >= 0.3 is 12.1 Å². The van der Waals surface area contributed by atoms with Gasteiger partial charge in [0.25, 0.3) is 0 Å². The van der Waals surface area contributed by atoms with Crippen molar-refractivity contribution in [1.29, 1.82) is 0 Å². The zero-order valence-corrected chi connectivity index (χ0v) is 34.7.